The molecule has 0 saturated heterocycles. The molecule has 0 bridgehead atoms. The first-order valence-corrected chi connectivity index (χ1v) is 12.2. The second kappa shape index (κ2) is 9.30. The second-order valence-electron chi connectivity index (χ2n) is 7.91. The number of Topliss-reactive ketones (excluding diaryl/α,β-unsaturated/α-hetero) is 1. The fourth-order valence-corrected chi connectivity index (χ4v) is 5.31. The van der Waals surface area contributed by atoms with Crippen LogP contribution < -0.4 is 5.32 Å². The maximum atomic E-state index is 13.0. The number of rotatable bonds is 7. The number of carbonyl (C=O) groups excluding carboxylic acids is 1. The molecule has 4 aromatic rings. The molecule has 2 aromatic carbocycles. The van der Waals surface area contributed by atoms with Crippen molar-refractivity contribution >= 4 is 39.7 Å². The maximum absolute atomic E-state index is 13.0. The van der Waals surface area contributed by atoms with Crippen LogP contribution in [0.15, 0.2) is 52.9 Å². The van der Waals surface area contributed by atoms with E-state index in [0.717, 1.165) is 37.8 Å². The van der Waals surface area contributed by atoms with Gasteiger partial charge in [0.25, 0.3) is 0 Å². The van der Waals surface area contributed by atoms with Gasteiger partial charge in [-0.15, -0.1) is 10.2 Å². The van der Waals surface area contributed by atoms with Crippen molar-refractivity contribution in [3.05, 3.63) is 82.2 Å². The molecule has 7 heteroatoms. The number of aryl methyl sites for hydroxylation is 3. The van der Waals surface area contributed by atoms with Gasteiger partial charge in [0.1, 0.15) is 0 Å². The quantitative estimate of drug-likeness (QED) is 0.248. The van der Waals surface area contributed by atoms with Gasteiger partial charge >= 0.3 is 0 Å². The molecule has 5 nitrogen and oxygen atoms in total. The molecule has 0 unspecified atom stereocenters. The number of ketones is 1. The van der Waals surface area contributed by atoms with E-state index in [0.29, 0.717) is 5.75 Å². The van der Waals surface area contributed by atoms with Crippen molar-refractivity contribution in [1.29, 1.82) is 0 Å². The Hall–Kier alpha value is -2.90. The van der Waals surface area contributed by atoms with Crippen LogP contribution in [0.2, 0.25) is 0 Å². The third-order valence-corrected chi connectivity index (χ3v) is 7.58. The monoisotopic (exact) mass is 462 g/mol. The standard InChI is InChI=1S/C25H26N4OS2/c1-15-9-11-20(12-10-15)29-17(3)13-21(19(29)5)23(30)14-31-25-28-27-24(32-25)26-22-8-6-7-16(2)18(22)4/h6-13H,14H2,1-5H3,(H,26,27). The van der Waals surface area contributed by atoms with E-state index in [1.807, 2.05) is 32.0 Å². The van der Waals surface area contributed by atoms with Gasteiger partial charge in [0, 0.05) is 28.3 Å². The number of nitrogens with one attached hydrogen (secondary N) is 1. The molecule has 4 rings (SSSR count). The molecule has 2 aromatic heterocycles. The molecule has 0 amide bonds. The van der Waals surface area contributed by atoms with E-state index in [-0.39, 0.29) is 5.78 Å². The SMILES string of the molecule is Cc1ccc(-n2c(C)cc(C(=O)CSc3nnc(Nc4cccc(C)c4C)s3)c2C)cc1. The maximum Gasteiger partial charge on any atom is 0.210 e. The van der Waals surface area contributed by atoms with Gasteiger partial charge in [-0.25, -0.2) is 0 Å². The van der Waals surface area contributed by atoms with Crippen molar-refractivity contribution in [2.75, 3.05) is 11.1 Å². The van der Waals surface area contributed by atoms with Gasteiger partial charge in [0.15, 0.2) is 10.1 Å². The van der Waals surface area contributed by atoms with Crippen molar-refractivity contribution in [1.82, 2.24) is 14.8 Å². The van der Waals surface area contributed by atoms with Gasteiger partial charge in [-0.1, -0.05) is 52.9 Å². The van der Waals surface area contributed by atoms with E-state index < -0.39 is 0 Å². The third-order valence-electron chi connectivity index (χ3n) is 5.60. The number of anilines is 2. The summed E-state index contributed by atoms with van der Waals surface area (Å²) in [5.41, 5.74) is 8.50. The average Bonchev–Trinajstić information content (AvgIpc) is 3.34. The lowest BCUT2D eigenvalue weighted by Crippen LogP contribution is -2.05. The molecule has 32 heavy (non-hydrogen) atoms. The Labute approximate surface area is 196 Å². The minimum Gasteiger partial charge on any atom is -0.330 e. The van der Waals surface area contributed by atoms with Gasteiger partial charge < -0.3 is 9.88 Å². The van der Waals surface area contributed by atoms with Crippen molar-refractivity contribution in [2.45, 2.75) is 39.0 Å². The highest BCUT2D eigenvalue weighted by atomic mass is 32.2. The van der Waals surface area contributed by atoms with Gasteiger partial charge in [0.2, 0.25) is 5.13 Å². The summed E-state index contributed by atoms with van der Waals surface area (Å²) in [4.78, 5) is 13.0. The summed E-state index contributed by atoms with van der Waals surface area (Å²) in [6.07, 6.45) is 0. The molecule has 0 saturated carbocycles. The normalized spacial score (nSPS) is 11.0. The average molecular weight is 463 g/mol. The summed E-state index contributed by atoms with van der Waals surface area (Å²) < 4.78 is 2.91. The van der Waals surface area contributed by atoms with Gasteiger partial charge in [-0.2, -0.15) is 0 Å². The third kappa shape index (κ3) is 4.64. The molecule has 164 valence electrons. The van der Waals surface area contributed by atoms with E-state index in [1.54, 1.807) is 0 Å². The molecular formula is C25H26N4OS2. The van der Waals surface area contributed by atoms with Crippen molar-refractivity contribution in [3.63, 3.8) is 0 Å². The smallest absolute Gasteiger partial charge is 0.210 e. The molecule has 0 aliphatic rings. The van der Waals surface area contributed by atoms with E-state index in [4.69, 9.17) is 0 Å². The van der Waals surface area contributed by atoms with Crippen molar-refractivity contribution < 1.29 is 4.79 Å². The van der Waals surface area contributed by atoms with Crippen LogP contribution in [0.5, 0.6) is 0 Å². The minimum atomic E-state index is 0.0979. The van der Waals surface area contributed by atoms with E-state index >= 15 is 0 Å². The summed E-state index contributed by atoms with van der Waals surface area (Å²) in [7, 11) is 0. The Morgan fingerprint density at radius 1 is 1.03 bits per heavy atom. The molecule has 0 atom stereocenters. The Morgan fingerprint density at radius 3 is 2.53 bits per heavy atom. The van der Waals surface area contributed by atoms with Gasteiger partial charge in [-0.3, -0.25) is 4.79 Å². The summed E-state index contributed by atoms with van der Waals surface area (Å²) in [6.45, 7) is 10.3. The zero-order chi connectivity index (χ0) is 22.8. The van der Waals surface area contributed by atoms with Crippen LogP contribution in [0.4, 0.5) is 10.8 Å². The number of carbonyl (C=O) groups is 1. The summed E-state index contributed by atoms with van der Waals surface area (Å²) in [5.74, 6) is 0.428. The van der Waals surface area contributed by atoms with Crippen molar-refractivity contribution in [2.24, 2.45) is 0 Å². The predicted molar refractivity (Wildman–Crippen MR) is 134 cm³/mol. The zero-order valence-electron chi connectivity index (χ0n) is 18.9. The highest BCUT2D eigenvalue weighted by Gasteiger charge is 2.18. The number of nitrogens with zero attached hydrogens (tertiary/aromatic N) is 3. The molecule has 1 N–H and O–H groups in total. The molecule has 0 aliphatic carbocycles. The van der Waals surface area contributed by atoms with Crippen LogP contribution in [0, 0.1) is 34.6 Å². The summed E-state index contributed by atoms with van der Waals surface area (Å²) >= 11 is 2.89. The van der Waals surface area contributed by atoms with Crippen molar-refractivity contribution in [3.8, 4) is 5.69 Å². The predicted octanol–water partition coefficient (Wildman–Crippen LogP) is 6.59. The number of benzene rings is 2. The molecule has 0 aliphatic heterocycles. The molecule has 0 radical (unpaired) electrons. The summed E-state index contributed by atoms with van der Waals surface area (Å²) in [5, 5.41) is 12.5. The van der Waals surface area contributed by atoms with Crippen LogP contribution in [-0.4, -0.2) is 26.3 Å². The Bertz CT molecular complexity index is 1270. The zero-order valence-corrected chi connectivity index (χ0v) is 20.5. The first kappa shape index (κ1) is 22.3. The number of thioether (sulfide) groups is 1. The first-order valence-electron chi connectivity index (χ1n) is 10.4. The lowest BCUT2D eigenvalue weighted by Gasteiger charge is -2.10. The Morgan fingerprint density at radius 2 is 1.78 bits per heavy atom. The fourth-order valence-electron chi connectivity index (χ4n) is 3.66. The molecule has 0 spiro atoms. The van der Waals surface area contributed by atoms with E-state index in [9.17, 15) is 4.79 Å². The number of aromatic nitrogens is 3. The first-order chi connectivity index (χ1) is 15.3. The number of hydrogen-bond acceptors (Lipinski definition) is 6. The van der Waals surface area contributed by atoms with E-state index in [2.05, 4.69) is 71.2 Å². The van der Waals surface area contributed by atoms with Crippen LogP contribution in [-0.2, 0) is 0 Å². The molecule has 2 heterocycles. The number of hydrogen-bond donors (Lipinski definition) is 1. The molecule has 0 fully saturated rings. The highest BCUT2D eigenvalue weighted by molar-refractivity contribution is 8.01. The second-order valence-corrected chi connectivity index (χ2v) is 10.1. The summed E-state index contributed by atoms with van der Waals surface area (Å²) in [6, 6.07) is 16.5. The topological polar surface area (TPSA) is 59.8 Å². The van der Waals surface area contributed by atoms with Crippen LogP contribution in [0.3, 0.4) is 0 Å². The van der Waals surface area contributed by atoms with Gasteiger partial charge in [0.05, 0.1) is 5.75 Å². The van der Waals surface area contributed by atoms with Crippen LogP contribution in [0.25, 0.3) is 5.69 Å². The molecular weight excluding hydrogens is 436 g/mol. The Kier molecular flexibility index (Phi) is 6.48. The van der Waals surface area contributed by atoms with Gasteiger partial charge in [-0.05, 0) is 70.0 Å². The largest absolute Gasteiger partial charge is 0.330 e. The lowest BCUT2D eigenvalue weighted by molar-refractivity contribution is 0.102. The minimum absolute atomic E-state index is 0.0979. The van der Waals surface area contributed by atoms with Crippen LogP contribution >= 0.6 is 23.1 Å². The fraction of sp³-hybridized carbons (Fsp3) is 0.240. The van der Waals surface area contributed by atoms with E-state index in [1.165, 1.54) is 39.8 Å². The highest BCUT2D eigenvalue weighted by Crippen LogP contribution is 2.30. The Balaban J connectivity index is 1.44. The lowest BCUT2D eigenvalue weighted by atomic mass is 10.1. The van der Waals surface area contributed by atoms with Crippen LogP contribution in [0.1, 0.15) is 38.4 Å².